The van der Waals surface area contributed by atoms with Crippen molar-refractivity contribution in [1.82, 2.24) is 5.32 Å². The minimum absolute atomic E-state index is 0.660. The Labute approximate surface area is 103 Å². The van der Waals surface area contributed by atoms with Crippen LogP contribution in [0.2, 0.25) is 0 Å². The molecule has 1 aliphatic heterocycles. The molecule has 94 valence electrons. The van der Waals surface area contributed by atoms with Crippen LogP contribution in [0, 0.1) is 5.92 Å². The molecule has 17 heavy (non-hydrogen) atoms. The monoisotopic (exact) mass is 234 g/mol. The zero-order valence-electron chi connectivity index (χ0n) is 10.3. The number of hydrogen-bond donors (Lipinski definition) is 2. The van der Waals surface area contributed by atoms with Crippen molar-refractivity contribution in [3.63, 3.8) is 0 Å². The molecule has 1 aliphatic rings. The van der Waals surface area contributed by atoms with Gasteiger partial charge in [-0.15, -0.1) is 0 Å². The van der Waals surface area contributed by atoms with Crippen LogP contribution in [0.3, 0.4) is 0 Å². The average Bonchev–Trinajstić information content (AvgIpc) is 2.40. The van der Waals surface area contributed by atoms with Gasteiger partial charge in [-0.1, -0.05) is 12.1 Å². The normalized spacial score (nSPS) is 20.2. The molecule has 3 heteroatoms. The predicted molar refractivity (Wildman–Crippen MR) is 70.3 cm³/mol. The Balaban J connectivity index is 1.77. The lowest BCUT2D eigenvalue weighted by atomic mass is 10.0. The van der Waals surface area contributed by atoms with Gasteiger partial charge in [0.15, 0.2) is 0 Å². The van der Waals surface area contributed by atoms with Crippen LogP contribution in [0.1, 0.15) is 18.4 Å². The SMILES string of the molecule is NCCc1ccc(OCC2CCCNC2)cc1. The lowest BCUT2D eigenvalue weighted by molar-refractivity contribution is 0.218. The van der Waals surface area contributed by atoms with Gasteiger partial charge in [-0.25, -0.2) is 0 Å². The van der Waals surface area contributed by atoms with E-state index in [2.05, 4.69) is 17.4 Å². The van der Waals surface area contributed by atoms with E-state index in [0.29, 0.717) is 12.5 Å². The molecule has 1 aromatic rings. The van der Waals surface area contributed by atoms with Gasteiger partial charge in [0, 0.05) is 12.5 Å². The molecule has 1 saturated heterocycles. The fraction of sp³-hybridized carbons (Fsp3) is 0.571. The Morgan fingerprint density at radius 3 is 2.76 bits per heavy atom. The van der Waals surface area contributed by atoms with E-state index < -0.39 is 0 Å². The smallest absolute Gasteiger partial charge is 0.119 e. The van der Waals surface area contributed by atoms with Crippen molar-refractivity contribution in [2.24, 2.45) is 11.7 Å². The van der Waals surface area contributed by atoms with Crippen molar-refractivity contribution in [2.45, 2.75) is 19.3 Å². The Morgan fingerprint density at radius 2 is 2.12 bits per heavy atom. The summed E-state index contributed by atoms with van der Waals surface area (Å²) in [6, 6.07) is 8.28. The van der Waals surface area contributed by atoms with Crippen molar-refractivity contribution < 1.29 is 4.74 Å². The van der Waals surface area contributed by atoms with Gasteiger partial charge in [-0.05, 0) is 50.0 Å². The summed E-state index contributed by atoms with van der Waals surface area (Å²) in [5.41, 5.74) is 6.79. The quantitative estimate of drug-likeness (QED) is 0.813. The molecular formula is C14H22N2O. The van der Waals surface area contributed by atoms with Crippen molar-refractivity contribution in [2.75, 3.05) is 26.2 Å². The third kappa shape index (κ3) is 4.02. The van der Waals surface area contributed by atoms with E-state index in [1.165, 1.54) is 18.4 Å². The number of piperidine rings is 1. The molecule has 3 N–H and O–H groups in total. The third-order valence-electron chi connectivity index (χ3n) is 3.24. The molecule has 1 aromatic carbocycles. The molecule has 1 heterocycles. The van der Waals surface area contributed by atoms with Crippen molar-refractivity contribution in [1.29, 1.82) is 0 Å². The maximum absolute atomic E-state index is 5.81. The zero-order valence-corrected chi connectivity index (χ0v) is 10.3. The van der Waals surface area contributed by atoms with E-state index in [-0.39, 0.29) is 0 Å². The minimum Gasteiger partial charge on any atom is -0.493 e. The predicted octanol–water partition coefficient (Wildman–Crippen LogP) is 1.57. The number of rotatable bonds is 5. The molecule has 0 amide bonds. The van der Waals surface area contributed by atoms with E-state index in [0.717, 1.165) is 31.9 Å². The Morgan fingerprint density at radius 1 is 1.29 bits per heavy atom. The molecule has 2 rings (SSSR count). The topological polar surface area (TPSA) is 47.3 Å². The van der Waals surface area contributed by atoms with Crippen LogP contribution in [-0.2, 0) is 6.42 Å². The summed E-state index contributed by atoms with van der Waals surface area (Å²) in [4.78, 5) is 0. The number of benzene rings is 1. The number of nitrogens with two attached hydrogens (primary N) is 1. The average molecular weight is 234 g/mol. The van der Waals surface area contributed by atoms with E-state index in [1.54, 1.807) is 0 Å². The van der Waals surface area contributed by atoms with Gasteiger partial charge < -0.3 is 15.8 Å². The Kier molecular flexibility index (Phi) is 4.83. The number of nitrogens with one attached hydrogen (secondary N) is 1. The summed E-state index contributed by atoms with van der Waals surface area (Å²) in [6.45, 7) is 3.77. The van der Waals surface area contributed by atoms with Gasteiger partial charge in [-0.3, -0.25) is 0 Å². The molecular weight excluding hydrogens is 212 g/mol. The second-order valence-electron chi connectivity index (χ2n) is 4.71. The van der Waals surface area contributed by atoms with Gasteiger partial charge in [0.1, 0.15) is 5.75 Å². The lowest BCUT2D eigenvalue weighted by Gasteiger charge is -2.22. The fourth-order valence-corrected chi connectivity index (χ4v) is 2.20. The van der Waals surface area contributed by atoms with E-state index in [9.17, 15) is 0 Å². The lowest BCUT2D eigenvalue weighted by Crippen LogP contribution is -2.33. The first-order valence-corrected chi connectivity index (χ1v) is 6.51. The zero-order chi connectivity index (χ0) is 11.9. The van der Waals surface area contributed by atoms with E-state index >= 15 is 0 Å². The van der Waals surface area contributed by atoms with Crippen LogP contribution in [0.25, 0.3) is 0 Å². The van der Waals surface area contributed by atoms with Gasteiger partial charge >= 0.3 is 0 Å². The summed E-state index contributed by atoms with van der Waals surface area (Å²) < 4.78 is 5.81. The summed E-state index contributed by atoms with van der Waals surface area (Å²) in [5, 5.41) is 3.40. The number of ether oxygens (including phenoxy) is 1. The molecule has 1 atom stereocenters. The largest absolute Gasteiger partial charge is 0.493 e. The summed E-state index contributed by atoms with van der Waals surface area (Å²) in [6.07, 6.45) is 3.48. The highest BCUT2D eigenvalue weighted by Crippen LogP contribution is 2.16. The van der Waals surface area contributed by atoms with Crippen molar-refractivity contribution in [3.05, 3.63) is 29.8 Å². The van der Waals surface area contributed by atoms with Crippen molar-refractivity contribution in [3.8, 4) is 5.75 Å². The van der Waals surface area contributed by atoms with Crippen molar-refractivity contribution >= 4 is 0 Å². The molecule has 0 saturated carbocycles. The summed E-state index contributed by atoms with van der Waals surface area (Å²) in [7, 11) is 0. The molecule has 1 fully saturated rings. The van der Waals surface area contributed by atoms with Crippen LogP contribution in [-0.4, -0.2) is 26.2 Å². The molecule has 0 bridgehead atoms. The van der Waals surface area contributed by atoms with Crippen LogP contribution < -0.4 is 15.8 Å². The highest BCUT2D eigenvalue weighted by Gasteiger charge is 2.13. The Hall–Kier alpha value is -1.06. The van der Waals surface area contributed by atoms with Gasteiger partial charge in [-0.2, -0.15) is 0 Å². The molecule has 1 unspecified atom stereocenters. The number of hydrogen-bond acceptors (Lipinski definition) is 3. The highest BCUT2D eigenvalue weighted by molar-refractivity contribution is 5.27. The van der Waals surface area contributed by atoms with Crippen LogP contribution >= 0.6 is 0 Å². The minimum atomic E-state index is 0.660. The van der Waals surface area contributed by atoms with E-state index in [4.69, 9.17) is 10.5 Å². The first-order chi connectivity index (χ1) is 8.38. The molecule has 3 nitrogen and oxygen atoms in total. The summed E-state index contributed by atoms with van der Waals surface area (Å²) >= 11 is 0. The van der Waals surface area contributed by atoms with Crippen LogP contribution in [0.5, 0.6) is 5.75 Å². The molecule has 0 aromatic heterocycles. The first kappa shape index (κ1) is 12.4. The second-order valence-corrected chi connectivity index (χ2v) is 4.71. The first-order valence-electron chi connectivity index (χ1n) is 6.51. The third-order valence-corrected chi connectivity index (χ3v) is 3.24. The highest BCUT2D eigenvalue weighted by atomic mass is 16.5. The van der Waals surface area contributed by atoms with Gasteiger partial charge in [0.05, 0.1) is 6.61 Å². The Bertz CT molecular complexity index is 317. The summed E-state index contributed by atoms with van der Waals surface area (Å²) in [5.74, 6) is 1.63. The molecule has 0 spiro atoms. The fourth-order valence-electron chi connectivity index (χ4n) is 2.20. The second kappa shape index (κ2) is 6.62. The molecule has 0 radical (unpaired) electrons. The maximum atomic E-state index is 5.81. The maximum Gasteiger partial charge on any atom is 0.119 e. The molecule has 0 aliphatic carbocycles. The van der Waals surface area contributed by atoms with E-state index in [1.807, 2.05) is 12.1 Å². The standard InChI is InChI=1S/C14H22N2O/c15-8-7-12-3-5-14(6-4-12)17-11-13-2-1-9-16-10-13/h3-6,13,16H,1-2,7-11,15H2. The van der Waals surface area contributed by atoms with Gasteiger partial charge in [0.2, 0.25) is 0 Å². The van der Waals surface area contributed by atoms with Crippen LogP contribution in [0.15, 0.2) is 24.3 Å². The van der Waals surface area contributed by atoms with Crippen LogP contribution in [0.4, 0.5) is 0 Å². The van der Waals surface area contributed by atoms with Gasteiger partial charge in [0.25, 0.3) is 0 Å².